The van der Waals surface area contributed by atoms with Crippen LogP contribution in [0.4, 0.5) is 0 Å². The summed E-state index contributed by atoms with van der Waals surface area (Å²) < 4.78 is 1.02. The molecule has 0 N–H and O–H groups in total. The van der Waals surface area contributed by atoms with Gasteiger partial charge in [0.05, 0.1) is 16.6 Å². The minimum atomic E-state index is -0.460. The van der Waals surface area contributed by atoms with E-state index >= 15 is 0 Å². The Balaban J connectivity index is 2.00. The van der Waals surface area contributed by atoms with E-state index in [4.69, 9.17) is 0 Å². The Labute approximate surface area is 149 Å². The third-order valence-electron chi connectivity index (χ3n) is 3.80. The van der Waals surface area contributed by atoms with Gasteiger partial charge in [0, 0.05) is 16.3 Å². The van der Waals surface area contributed by atoms with Gasteiger partial charge >= 0.3 is 0 Å². The number of hydrogen-bond acceptors (Lipinski definition) is 3. The van der Waals surface area contributed by atoms with Crippen LogP contribution in [0, 0.1) is 5.41 Å². The van der Waals surface area contributed by atoms with Crippen molar-refractivity contribution >= 4 is 38.9 Å². The molecule has 3 nitrogen and oxygen atoms in total. The molecule has 3 rings (SSSR count). The first-order valence-electron chi connectivity index (χ1n) is 7.57. The Bertz CT molecular complexity index is 747. The second-order valence-electron chi connectivity index (χ2n) is 6.70. The summed E-state index contributed by atoms with van der Waals surface area (Å²) in [6.45, 7) is 5.81. The number of benzene rings is 1. The molecule has 2 heterocycles. The monoisotopic (exact) mass is 390 g/mol. The molecule has 1 atom stereocenters. The van der Waals surface area contributed by atoms with Gasteiger partial charge in [0.2, 0.25) is 5.91 Å². The summed E-state index contributed by atoms with van der Waals surface area (Å²) in [4.78, 5) is 14.0. The predicted octanol–water partition coefficient (Wildman–Crippen LogP) is 5.23. The van der Waals surface area contributed by atoms with Crippen molar-refractivity contribution in [3.63, 3.8) is 0 Å². The van der Waals surface area contributed by atoms with Gasteiger partial charge in [-0.05, 0) is 29.1 Å². The van der Waals surface area contributed by atoms with E-state index in [-0.39, 0.29) is 11.9 Å². The Morgan fingerprint density at radius 3 is 2.70 bits per heavy atom. The lowest BCUT2D eigenvalue weighted by atomic mass is 9.93. The molecule has 1 aliphatic rings. The number of carbonyl (C=O) groups excluding carboxylic acids is 1. The number of amides is 1. The first-order valence-corrected chi connectivity index (χ1v) is 9.24. The average molecular weight is 391 g/mol. The minimum Gasteiger partial charge on any atom is -0.272 e. The zero-order valence-corrected chi connectivity index (χ0v) is 15.8. The van der Waals surface area contributed by atoms with Crippen molar-refractivity contribution in [3.05, 3.63) is 56.7 Å². The summed E-state index contributed by atoms with van der Waals surface area (Å²) in [7, 11) is 0. The second kappa shape index (κ2) is 6.21. The highest BCUT2D eigenvalue weighted by molar-refractivity contribution is 9.10. The van der Waals surface area contributed by atoms with Crippen LogP contribution in [0.25, 0.3) is 0 Å². The van der Waals surface area contributed by atoms with Crippen LogP contribution in [0.2, 0.25) is 0 Å². The van der Waals surface area contributed by atoms with Crippen molar-refractivity contribution in [1.29, 1.82) is 0 Å². The molecule has 0 bridgehead atoms. The number of rotatable bonds is 2. The average Bonchev–Trinajstić information content (AvgIpc) is 3.14. The van der Waals surface area contributed by atoms with Crippen molar-refractivity contribution in [2.45, 2.75) is 33.2 Å². The standard InChI is InChI=1S/C18H19BrN2OS/c1-18(2,3)17(22)21-15(12-6-4-7-13(19)10-12)11-14(20-21)16-8-5-9-23-16/h4-10,15H,11H2,1-3H3. The van der Waals surface area contributed by atoms with Gasteiger partial charge in [0.25, 0.3) is 0 Å². The maximum Gasteiger partial charge on any atom is 0.248 e. The molecule has 0 spiro atoms. The number of halogens is 1. The molecule has 1 aromatic heterocycles. The van der Waals surface area contributed by atoms with Crippen LogP contribution in [0.15, 0.2) is 51.4 Å². The number of thiophene rings is 1. The van der Waals surface area contributed by atoms with Crippen LogP contribution in [0.1, 0.15) is 43.7 Å². The van der Waals surface area contributed by atoms with Gasteiger partial charge in [0.15, 0.2) is 0 Å². The fraction of sp³-hybridized carbons (Fsp3) is 0.333. The van der Waals surface area contributed by atoms with Gasteiger partial charge in [0.1, 0.15) is 0 Å². The SMILES string of the molecule is CC(C)(C)C(=O)N1N=C(c2cccs2)CC1c1cccc(Br)c1. The lowest BCUT2D eigenvalue weighted by Gasteiger charge is -2.28. The number of hydrogen-bond donors (Lipinski definition) is 0. The van der Waals surface area contributed by atoms with Crippen LogP contribution in [-0.4, -0.2) is 16.6 Å². The minimum absolute atomic E-state index is 0.0451. The highest BCUT2D eigenvalue weighted by Crippen LogP contribution is 2.37. The number of hydrazone groups is 1. The predicted molar refractivity (Wildman–Crippen MR) is 98.7 cm³/mol. The molecule has 23 heavy (non-hydrogen) atoms. The molecule has 1 unspecified atom stereocenters. The Hall–Kier alpha value is -1.46. The normalized spacial score (nSPS) is 18.2. The van der Waals surface area contributed by atoms with Crippen molar-refractivity contribution < 1.29 is 4.79 Å². The van der Waals surface area contributed by atoms with Gasteiger partial charge in [-0.25, -0.2) is 5.01 Å². The van der Waals surface area contributed by atoms with Crippen LogP contribution < -0.4 is 0 Å². The first-order chi connectivity index (χ1) is 10.9. The molecular formula is C18H19BrN2OS. The van der Waals surface area contributed by atoms with Crippen molar-refractivity contribution in [3.8, 4) is 0 Å². The summed E-state index contributed by atoms with van der Waals surface area (Å²) in [5.41, 5.74) is 1.63. The van der Waals surface area contributed by atoms with Gasteiger partial charge in [-0.15, -0.1) is 11.3 Å². The first kappa shape index (κ1) is 16.4. The summed E-state index contributed by atoms with van der Waals surface area (Å²) in [6, 6.07) is 12.2. The fourth-order valence-electron chi connectivity index (χ4n) is 2.61. The van der Waals surface area contributed by atoms with Crippen LogP contribution in [-0.2, 0) is 4.79 Å². The molecule has 0 fully saturated rings. The fourth-order valence-corrected chi connectivity index (χ4v) is 3.74. The molecule has 0 saturated heterocycles. The molecule has 0 aliphatic carbocycles. The van der Waals surface area contributed by atoms with E-state index in [1.807, 2.05) is 44.4 Å². The van der Waals surface area contributed by atoms with Crippen LogP contribution in [0.3, 0.4) is 0 Å². The van der Waals surface area contributed by atoms with E-state index < -0.39 is 5.41 Å². The van der Waals surface area contributed by atoms with E-state index in [0.717, 1.165) is 27.0 Å². The van der Waals surface area contributed by atoms with Gasteiger partial charge < -0.3 is 0 Å². The maximum atomic E-state index is 12.9. The van der Waals surface area contributed by atoms with Crippen molar-refractivity contribution in [2.75, 3.05) is 0 Å². The smallest absolute Gasteiger partial charge is 0.248 e. The Morgan fingerprint density at radius 1 is 1.30 bits per heavy atom. The zero-order valence-electron chi connectivity index (χ0n) is 13.4. The molecule has 120 valence electrons. The van der Waals surface area contributed by atoms with E-state index in [1.54, 1.807) is 16.3 Å². The molecule has 0 saturated carbocycles. The van der Waals surface area contributed by atoms with E-state index in [1.165, 1.54) is 0 Å². The Morgan fingerprint density at radius 2 is 2.09 bits per heavy atom. The van der Waals surface area contributed by atoms with E-state index in [2.05, 4.69) is 39.2 Å². The second-order valence-corrected chi connectivity index (χ2v) is 8.56. The molecule has 0 radical (unpaired) electrons. The summed E-state index contributed by atoms with van der Waals surface area (Å²) in [5.74, 6) is 0.0500. The van der Waals surface area contributed by atoms with Crippen molar-refractivity contribution in [1.82, 2.24) is 5.01 Å². The van der Waals surface area contributed by atoms with Crippen molar-refractivity contribution in [2.24, 2.45) is 10.5 Å². The number of carbonyl (C=O) groups is 1. The molecule has 5 heteroatoms. The summed E-state index contributed by atoms with van der Waals surface area (Å²) in [5, 5.41) is 8.40. The molecule has 1 aliphatic heterocycles. The van der Waals surface area contributed by atoms with Gasteiger partial charge in [-0.2, -0.15) is 5.10 Å². The largest absolute Gasteiger partial charge is 0.272 e. The Kier molecular flexibility index (Phi) is 4.43. The summed E-state index contributed by atoms with van der Waals surface area (Å²) in [6.07, 6.45) is 0.749. The van der Waals surface area contributed by atoms with E-state index in [9.17, 15) is 4.79 Å². The number of nitrogens with zero attached hydrogens (tertiary/aromatic N) is 2. The molecule has 2 aromatic rings. The van der Waals surface area contributed by atoms with Crippen LogP contribution >= 0.6 is 27.3 Å². The quantitative estimate of drug-likeness (QED) is 0.690. The molecule has 1 aromatic carbocycles. The third-order valence-corrected chi connectivity index (χ3v) is 5.21. The summed E-state index contributed by atoms with van der Waals surface area (Å²) >= 11 is 5.18. The lowest BCUT2D eigenvalue weighted by Crippen LogP contribution is -2.36. The van der Waals surface area contributed by atoms with Crippen LogP contribution in [0.5, 0.6) is 0 Å². The van der Waals surface area contributed by atoms with Gasteiger partial charge in [-0.1, -0.05) is 54.9 Å². The third kappa shape index (κ3) is 3.40. The van der Waals surface area contributed by atoms with E-state index in [0.29, 0.717) is 0 Å². The highest BCUT2D eigenvalue weighted by Gasteiger charge is 2.38. The topological polar surface area (TPSA) is 32.7 Å². The molecular weight excluding hydrogens is 372 g/mol. The highest BCUT2D eigenvalue weighted by atomic mass is 79.9. The lowest BCUT2D eigenvalue weighted by molar-refractivity contribution is -0.141. The van der Waals surface area contributed by atoms with Gasteiger partial charge in [-0.3, -0.25) is 4.79 Å². The molecule has 1 amide bonds. The maximum absolute atomic E-state index is 12.9. The zero-order chi connectivity index (χ0) is 16.6.